The van der Waals surface area contributed by atoms with Crippen LogP contribution in [0.5, 0.6) is 0 Å². The number of aryl methyl sites for hydroxylation is 2. The Bertz CT molecular complexity index is 1320. The van der Waals surface area contributed by atoms with Crippen molar-refractivity contribution in [3.05, 3.63) is 69.6 Å². The zero-order valence-corrected chi connectivity index (χ0v) is 19.0. The molecule has 0 fully saturated rings. The van der Waals surface area contributed by atoms with Crippen LogP contribution in [-0.2, 0) is 0 Å². The van der Waals surface area contributed by atoms with Gasteiger partial charge in [-0.05, 0) is 70.2 Å². The normalized spacial score (nSPS) is 11.5. The number of benzene rings is 2. The van der Waals surface area contributed by atoms with Crippen LogP contribution in [0.15, 0.2) is 51.7 Å². The maximum Gasteiger partial charge on any atom is 0.349 e. The van der Waals surface area contributed by atoms with Crippen molar-refractivity contribution in [3.8, 4) is 0 Å². The van der Waals surface area contributed by atoms with Gasteiger partial charge in [-0.25, -0.2) is 9.78 Å². The Morgan fingerprint density at radius 1 is 1.10 bits per heavy atom. The molecule has 0 saturated carbocycles. The van der Waals surface area contributed by atoms with Crippen LogP contribution in [0.1, 0.15) is 27.9 Å². The summed E-state index contributed by atoms with van der Waals surface area (Å²) in [6.07, 6.45) is 0.756. The van der Waals surface area contributed by atoms with E-state index in [1.165, 1.54) is 11.3 Å². The van der Waals surface area contributed by atoms with Crippen molar-refractivity contribution in [1.82, 2.24) is 9.88 Å². The molecule has 0 atom stereocenters. The Kier molecular flexibility index (Phi) is 5.89. The number of fused-ring (bicyclic) bond motifs is 2. The van der Waals surface area contributed by atoms with Crippen LogP contribution in [-0.4, -0.2) is 43.0 Å². The highest BCUT2D eigenvalue weighted by atomic mass is 32.1. The summed E-state index contributed by atoms with van der Waals surface area (Å²) in [5, 5.41) is 1.31. The molecule has 2 aromatic carbocycles. The van der Waals surface area contributed by atoms with Crippen LogP contribution in [0.2, 0.25) is 0 Å². The van der Waals surface area contributed by atoms with E-state index in [-0.39, 0.29) is 11.5 Å². The molecule has 0 aliphatic carbocycles. The topological polar surface area (TPSA) is 66.7 Å². The molecule has 31 heavy (non-hydrogen) atoms. The predicted molar refractivity (Wildman–Crippen MR) is 126 cm³/mol. The summed E-state index contributed by atoms with van der Waals surface area (Å²) in [5.41, 5.74) is 2.99. The van der Waals surface area contributed by atoms with Crippen molar-refractivity contribution in [1.29, 1.82) is 0 Å². The van der Waals surface area contributed by atoms with Crippen molar-refractivity contribution in [2.75, 3.05) is 32.1 Å². The third-order valence-electron chi connectivity index (χ3n) is 5.14. The standard InChI is InChI=1S/C24H25N3O3S/c1-15-12-16(2)21-19(13-15)25-24(31-21)27(11-7-10-26(3)4)22(28)18-14-17-8-5-6-9-20(17)30-23(18)29/h5-6,8-9,12-14H,7,10-11H2,1-4H3. The lowest BCUT2D eigenvalue weighted by atomic mass is 10.1. The van der Waals surface area contributed by atoms with E-state index in [4.69, 9.17) is 9.40 Å². The highest BCUT2D eigenvalue weighted by Gasteiger charge is 2.25. The minimum absolute atomic E-state index is 0.0238. The summed E-state index contributed by atoms with van der Waals surface area (Å²) in [4.78, 5) is 34.6. The third kappa shape index (κ3) is 4.38. The van der Waals surface area contributed by atoms with Crippen LogP contribution in [0.25, 0.3) is 21.2 Å². The summed E-state index contributed by atoms with van der Waals surface area (Å²) >= 11 is 1.48. The van der Waals surface area contributed by atoms with Crippen LogP contribution < -0.4 is 10.5 Å². The molecule has 160 valence electrons. The van der Waals surface area contributed by atoms with E-state index >= 15 is 0 Å². The fraction of sp³-hybridized carbons (Fsp3) is 0.292. The van der Waals surface area contributed by atoms with Crippen LogP contribution >= 0.6 is 11.3 Å². The maximum atomic E-state index is 13.5. The van der Waals surface area contributed by atoms with Gasteiger partial charge in [-0.2, -0.15) is 0 Å². The molecule has 0 bridgehead atoms. The zero-order chi connectivity index (χ0) is 22.1. The average molecular weight is 436 g/mol. The van der Waals surface area contributed by atoms with Gasteiger partial charge in [0.05, 0.1) is 10.2 Å². The molecule has 0 saturated heterocycles. The summed E-state index contributed by atoms with van der Waals surface area (Å²) in [6, 6.07) is 12.9. The lowest BCUT2D eigenvalue weighted by molar-refractivity contribution is 0.0982. The first-order chi connectivity index (χ1) is 14.8. The molecule has 0 aliphatic rings. The largest absolute Gasteiger partial charge is 0.422 e. The van der Waals surface area contributed by atoms with Crippen LogP contribution in [0, 0.1) is 13.8 Å². The molecule has 0 N–H and O–H groups in total. The van der Waals surface area contributed by atoms with Gasteiger partial charge in [0, 0.05) is 11.9 Å². The number of nitrogens with zero attached hydrogens (tertiary/aromatic N) is 3. The number of hydrogen-bond acceptors (Lipinski definition) is 6. The molecule has 1 amide bonds. The van der Waals surface area contributed by atoms with E-state index in [9.17, 15) is 9.59 Å². The van der Waals surface area contributed by atoms with E-state index < -0.39 is 5.63 Å². The van der Waals surface area contributed by atoms with Gasteiger partial charge in [0.1, 0.15) is 11.1 Å². The third-order valence-corrected chi connectivity index (χ3v) is 6.37. The van der Waals surface area contributed by atoms with Gasteiger partial charge >= 0.3 is 5.63 Å². The molecule has 6 nitrogen and oxygen atoms in total. The molecular weight excluding hydrogens is 410 g/mol. The summed E-state index contributed by atoms with van der Waals surface area (Å²) in [7, 11) is 3.99. The smallest absolute Gasteiger partial charge is 0.349 e. The molecule has 4 rings (SSSR count). The minimum atomic E-state index is -0.630. The van der Waals surface area contributed by atoms with Gasteiger partial charge < -0.3 is 9.32 Å². The SMILES string of the molecule is Cc1cc(C)c2sc(N(CCCN(C)C)C(=O)c3cc4ccccc4oc3=O)nc2c1. The Balaban J connectivity index is 1.78. The number of rotatable bonds is 6. The molecular formula is C24H25N3O3S. The Morgan fingerprint density at radius 3 is 2.65 bits per heavy atom. The number of para-hydroxylation sites is 1. The van der Waals surface area contributed by atoms with Crippen LogP contribution in [0.3, 0.4) is 0 Å². The molecule has 0 aliphatic heterocycles. The molecule has 0 spiro atoms. The van der Waals surface area contributed by atoms with Gasteiger partial charge in [-0.3, -0.25) is 9.69 Å². The first kappa shape index (κ1) is 21.2. The maximum absolute atomic E-state index is 13.5. The minimum Gasteiger partial charge on any atom is -0.422 e. The van der Waals surface area contributed by atoms with Gasteiger partial charge in [-0.15, -0.1) is 0 Å². The van der Waals surface area contributed by atoms with E-state index in [1.54, 1.807) is 23.1 Å². The second-order valence-electron chi connectivity index (χ2n) is 8.03. The van der Waals surface area contributed by atoms with Gasteiger partial charge in [0.2, 0.25) is 0 Å². The Labute approximate surface area is 184 Å². The number of carbonyl (C=O) groups excluding carboxylic acids is 1. The summed E-state index contributed by atoms with van der Waals surface area (Å²) < 4.78 is 6.46. The molecule has 2 heterocycles. The lowest BCUT2D eigenvalue weighted by Crippen LogP contribution is -2.36. The number of hydrogen-bond donors (Lipinski definition) is 0. The van der Waals surface area contributed by atoms with Crippen LogP contribution in [0.4, 0.5) is 5.13 Å². The van der Waals surface area contributed by atoms with Crippen molar-refractivity contribution in [2.45, 2.75) is 20.3 Å². The number of thiazole rings is 1. The van der Waals surface area contributed by atoms with E-state index in [0.717, 1.165) is 39.7 Å². The highest BCUT2D eigenvalue weighted by molar-refractivity contribution is 7.22. The van der Waals surface area contributed by atoms with Crippen molar-refractivity contribution >= 4 is 43.6 Å². The predicted octanol–water partition coefficient (Wildman–Crippen LogP) is 4.62. The van der Waals surface area contributed by atoms with Crippen molar-refractivity contribution < 1.29 is 9.21 Å². The molecule has 0 unspecified atom stereocenters. The van der Waals surface area contributed by atoms with E-state index in [1.807, 2.05) is 46.1 Å². The second-order valence-corrected chi connectivity index (χ2v) is 9.00. The monoisotopic (exact) mass is 435 g/mol. The first-order valence-electron chi connectivity index (χ1n) is 10.2. The Hall–Kier alpha value is -3.03. The molecule has 7 heteroatoms. The highest BCUT2D eigenvalue weighted by Crippen LogP contribution is 2.33. The van der Waals surface area contributed by atoms with Crippen molar-refractivity contribution in [3.63, 3.8) is 0 Å². The number of anilines is 1. The number of aromatic nitrogens is 1. The lowest BCUT2D eigenvalue weighted by Gasteiger charge is -2.20. The first-order valence-corrected chi connectivity index (χ1v) is 11.0. The van der Waals surface area contributed by atoms with E-state index in [2.05, 4.69) is 11.0 Å². The number of amides is 1. The number of carbonyl (C=O) groups is 1. The van der Waals surface area contributed by atoms with Crippen molar-refractivity contribution in [2.24, 2.45) is 0 Å². The molecule has 2 aromatic heterocycles. The fourth-order valence-corrected chi connectivity index (χ4v) is 4.71. The molecule has 0 radical (unpaired) electrons. The van der Waals surface area contributed by atoms with Gasteiger partial charge in [0.15, 0.2) is 5.13 Å². The van der Waals surface area contributed by atoms with Gasteiger partial charge in [0.25, 0.3) is 5.91 Å². The summed E-state index contributed by atoms with van der Waals surface area (Å²) in [5.74, 6) is -0.383. The van der Waals surface area contributed by atoms with E-state index in [0.29, 0.717) is 17.3 Å². The Morgan fingerprint density at radius 2 is 1.87 bits per heavy atom. The quantitative estimate of drug-likeness (QED) is 0.414. The van der Waals surface area contributed by atoms with Gasteiger partial charge in [-0.1, -0.05) is 35.6 Å². The average Bonchev–Trinajstić information content (AvgIpc) is 3.14. The second kappa shape index (κ2) is 8.61. The fourth-order valence-electron chi connectivity index (χ4n) is 3.67. The molecule has 4 aromatic rings. The summed E-state index contributed by atoms with van der Waals surface area (Å²) in [6.45, 7) is 5.36. The zero-order valence-electron chi connectivity index (χ0n) is 18.1.